The third-order valence-electron chi connectivity index (χ3n) is 3.55. The first-order valence-corrected chi connectivity index (χ1v) is 6.37. The number of aromatic carboxylic acids is 1. The van der Waals surface area contributed by atoms with Crippen LogP contribution in [0.2, 0.25) is 0 Å². The summed E-state index contributed by atoms with van der Waals surface area (Å²) in [7, 11) is 0. The summed E-state index contributed by atoms with van der Waals surface area (Å²) in [5.41, 5.74) is 2.93. The van der Waals surface area contributed by atoms with Gasteiger partial charge < -0.3 is 10.4 Å². The molecule has 0 fully saturated rings. The van der Waals surface area contributed by atoms with E-state index in [0.717, 1.165) is 12.0 Å². The van der Waals surface area contributed by atoms with Crippen LogP contribution < -0.4 is 5.32 Å². The Hall–Kier alpha value is -2.62. The Morgan fingerprint density at radius 2 is 1.90 bits per heavy atom. The fourth-order valence-corrected chi connectivity index (χ4v) is 2.45. The zero-order chi connectivity index (χ0) is 14.1. The van der Waals surface area contributed by atoms with Gasteiger partial charge in [-0.3, -0.25) is 4.79 Å². The van der Waals surface area contributed by atoms with Gasteiger partial charge in [-0.1, -0.05) is 30.3 Å². The van der Waals surface area contributed by atoms with E-state index in [1.807, 2.05) is 24.3 Å². The lowest BCUT2D eigenvalue weighted by Gasteiger charge is -2.28. The van der Waals surface area contributed by atoms with Crippen molar-refractivity contribution in [1.29, 1.82) is 0 Å². The lowest BCUT2D eigenvalue weighted by Crippen LogP contribution is -2.30. The maximum atomic E-state index is 12.2. The maximum Gasteiger partial charge on any atom is 0.335 e. The summed E-state index contributed by atoms with van der Waals surface area (Å²) in [4.78, 5) is 23.1. The summed E-state index contributed by atoms with van der Waals surface area (Å²) >= 11 is 0. The number of carbonyl (C=O) groups is 2. The van der Waals surface area contributed by atoms with Crippen LogP contribution >= 0.6 is 0 Å². The molecule has 2 aromatic rings. The first-order chi connectivity index (χ1) is 9.65. The lowest BCUT2D eigenvalue weighted by molar-refractivity contribution is -0.118. The number of anilines is 1. The highest BCUT2D eigenvalue weighted by atomic mass is 16.4. The summed E-state index contributed by atoms with van der Waals surface area (Å²) in [6.07, 6.45) is 0.737. The number of amides is 1. The molecule has 1 amide bonds. The predicted molar refractivity (Wildman–Crippen MR) is 74.9 cm³/mol. The summed E-state index contributed by atoms with van der Waals surface area (Å²) in [5, 5.41) is 11.7. The summed E-state index contributed by atoms with van der Waals surface area (Å²) in [6, 6.07) is 14.1. The van der Waals surface area contributed by atoms with Crippen LogP contribution in [0.15, 0.2) is 48.5 Å². The predicted octanol–water partition coefficient (Wildman–Crippen LogP) is 2.66. The topological polar surface area (TPSA) is 66.4 Å². The van der Waals surface area contributed by atoms with Crippen molar-refractivity contribution in [3.8, 4) is 0 Å². The molecule has 20 heavy (non-hydrogen) atoms. The van der Waals surface area contributed by atoms with Crippen LogP contribution in [0.4, 0.5) is 5.69 Å². The SMILES string of the molecule is O=C(O)c1cccc(NC(=O)C2Cc3ccccc32)c1. The van der Waals surface area contributed by atoms with Crippen molar-refractivity contribution in [2.45, 2.75) is 12.3 Å². The second-order valence-corrected chi connectivity index (χ2v) is 4.83. The molecule has 0 radical (unpaired) electrons. The van der Waals surface area contributed by atoms with Crippen molar-refractivity contribution in [1.82, 2.24) is 0 Å². The molecule has 0 aromatic heterocycles. The third-order valence-corrected chi connectivity index (χ3v) is 3.55. The molecule has 1 atom stereocenters. The molecule has 100 valence electrons. The van der Waals surface area contributed by atoms with Gasteiger partial charge in [0.2, 0.25) is 5.91 Å². The number of nitrogens with one attached hydrogen (secondary N) is 1. The highest BCUT2D eigenvalue weighted by Gasteiger charge is 2.31. The van der Waals surface area contributed by atoms with Crippen LogP contribution in [0.25, 0.3) is 0 Å². The van der Waals surface area contributed by atoms with E-state index in [0.29, 0.717) is 5.69 Å². The van der Waals surface area contributed by atoms with Crippen molar-refractivity contribution < 1.29 is 14.7 Å². The molecular formula is C16H13NO3. The van der Waals surface area contributed by atoms with Gasteiger partial charge in [0.05, 0.1) is 11.5 Å². The molecule has 1 aliphatic carbocycles. The molecule has 0 bridgehead atoms. The molecule has 0 aliphatic heterocycles. The van der Waals surface area contributed by atoms with E-state index < -0.39 is 5.97 Å². The molecule has 0 heterocycles. The van der Waals surface area contributed by atoms with Crippen LogP contribution in [0.3, 0.4) is 0 Å². The van der Waals surface area contributed by atoms with Gasteiger partial charge in [-0.2, -0.15) is 0 Å². The molecule has 4 nitrogen and oxygen atoms in total. The molecule has 1 unspecified atom stereocenters. The number of carbonyl (C=O) groups excluding carboxylic acids is 1. The number of rotatable bonds is 3. The van der Waals surface area contributed by atoms with Gasteiger partial charge in [-0.15, -0.1) is 0 Å². The van der Waals surface area contributed by atoms with Crippen LogP contribution in [-0.2, 0) is 11.2 Å². The lowest BCUT2D eigenvalue weighted by atomic mass is 9.77. The van der Waals surface area contributed by atoms with Gasteiger partial charge in [0.15, 0.2) is 0 Å². The van der Waals surface area contributed by atoms with E-state index in [4.69, 9.17) is 5.11 Å². The second kappa shape index (κ2) is 4.81. The molecule has 0 saturated carbocycles. The van der Waals surface area contributed by atoms with Crippen molar-refractivity contribution in [3.63, 3.8) is 0 Å². The molecule has 1 aliphatic rings. The Kier molecular flexibility index (Phi) is 2.99. The van der Waals surface area contributed by atoms with E-state index in [1.54, 1.807) is 12.1 Å². The highest BCUT2D eigenvalue weighted by molar-refractivity contribution is 5.98. The van der Waals surface area contributed by atoms with E-state index in [-0.39, 0.29) is 17.4 Å². The Morgan fingerprint density at radius 1 is 1.10 bits per heavy atom. The van der Waals surface area contributed by atoms with Crippen molar-refractivity contribution in [3.05, 3.63) is 65.2 Å². The van der Waals surface area contributed by atoms with E-state index >= 15 is 0 Å². The molecule has 0 spiro atoms. The van der Waals surface area contributed by atoms with Gasteiger partial charge in [0.1, 0.15) is 0 Å². The zero-order valence-electron chi connectivity index (χ0n) is 10.7. The third kappa shape index (κ3) is 2.16. The first-order valence-electron chi connectivity index (χ1n) is 6.37. The van der Waals surface area contributed by atoms with Crippen molar-refractivity contribution >= 4 is 17.6 Å². The average molecular weight is 267 g/mol. The maximum absolute atomic E-state index is 12.2. The number of hydrogen-bond donors (Lipinski definition) is 2. The minimum Gasteiger partial charge on any atom is -0.478 e. The monoisotopic (exact) mass is 267 g/mol. The van der Waals surface area contributed by atoms with Crippen LogP contribution in [0, 0.1) is 0 Å². The van der Waals surface area contributed by atoms with Gasteiger partial charge in [-0.05, 0) is 35.7 Å². The fraction of sp³-hybridized carbons (Fsp3) is 0.125. The minimum absolute atomic E-state index is 0.0914. The number of benzene rings is 2. The number of carboxylic acid groups (broad SMARTS) is 1. The Balaban J connectivity index is 1.75. The standard InChI is InChI=1S/C16H13NO3/c18-15(14-9-10-4-1-2-7-13(10)14)17-12-6-3-5-11(8-12)16(19)20/h1-8,14H,9H2,(H,17,18)(H,19,20). The Morgan fingerprint density at radius 3 is 2.65 bits per heavy atom. The smallest absolute Gasteiger partial charge is 0.335 e. The summed E-state index contributed by atoms with van der Waals surface area (Å²) in [6.45, 7) is 0. The molecule has 2 aromatic carbocycles. The van der Waals surface area contributed by atoms with Gasteiger partial charge in [-0.25, -0.2) is 4.79 Å². The second-order valence-electron chi connectivity index (χ2n) is 4.83. The molecule has 4 heteroatoms. The first kappa shape index (κ1) is 12.4. The van der Waals surface area contributed by atoms with Gasteiger partial charge >= 0.3 is 5.97 Å². The largest absolute Gasteiger partial charge is 0.478 e. The number of fused-ring (bicyclic) bond motifs is 1. The quantitative estimate of drug-likeness (QED) is 0.898. The molecule has 2 N–H and O–H groups in total. The Labute approximate surface area is 116 Å². The van der Waals surface area contributed by atoms with E-state index in [9.17, 15) is 9.59 Å². The number of hydrogen-bond acceptors (Lipinski definition) is 2. The van der Waals surface area contributed by atoms with Crippen LogP contribution in [0.1, 0.15) is 27.4 Å². The molecule has 3 rings (SSSR count). The minimum atomic E-state index is -1.00. The van der Waals surface area contributed by atoms with E-state index in [2.05, 4.69) is 5.32 Å². The summed E-state index contributed by atoms with van der Waals surface area (Å²) < 4.78 is 0. The Bertz CT molecular complexity index is 694. The van der Waals surface area contributed by atoms with Crippen LogP contribution in [0.5, 0.6) is 0 Å². The normalized spacial score (nSPS) is 15.9. The average Bonchev–Trinajstić information content (AvgIpc) is 2.40. The number of carboxylic acids is 1. The fourth-order valence-electron chi connectivity index (χ4n) is 2.45. The van der Waals surface area contributed by atoms with Crippen LogP contribution in [-0.4, -0.2) is 17.0 Å². The van der Waals surface area contributed by atoms with E-state index in [1.165, 1.54) is 17.7 Å². The summed E-state index contributed by atoms with van der Waals surface area (Å²) in [5.74, 6) is -1.24. The zero-order valence-corrected chi connectivity index (χ0v) is 10.7. The van der Waals surface area contributed by atoms with Crippen molar-refractivity contribution in [2.75, 3.05) is 5.32 Å². The molecular weight excluding hydrogens is 254 g/mol. The van der Waals surface area contributed by atoms with Gasteiger partial charge in [0.25, 0.3) is 0 Å². The highest BCUT2D eigenvalue weighted by Crippen LogP contribution is 2.35. The van der Waals surface area contributed by atoms with Gasteiger partial charge in [0, 0.05) is 5.69 Å². The molecule has 0 saturated heterocycles. The van der Waals surface area contributed by atoms with Crippen molar-refractivity contribution in [2.24, 2.45) is 0 Å².